The van der Waals surface area contributed by atoms with Crippen LogP contribution in [0.2, 0.25) is 0 Å². The third-order valence-corrected chi connectivity index (χ3v) is 8.11. The molecule has 2 heterocycles. The van der Waals surface area contributed by atoms with E-state index >= 15 is 0 Å². The summed E-state index contributed by atoms with van der Waals surface area (Å²) in [4.78, 5) is 33.2. The minimum atomic E-state index is -0.759. The van der Waals surface area contributed by atoms with Gasteiger partial charge in [0.25, 0.3) is 11.8 Å². The molecule has 2 aromatic carbocycles. The molecule has 2 aliphatic rings. The van der Waals surface area contributed by atoms with Crippen LogP contribution in [0.3, 0.4) is 0 Å². The molecule has 8 heteroatoms. The summed E-state index contributed by atoms with van der Waals surface area (Å²) in [7, 11) is 0. The van der Waals surface area contributed by atoms with Crippen LogP contribution in [0.15, 0.2) is 65.3 Å². The highest BCUT2D eigenvalue weighted by Crippen LogP contribution is 2.32. The molecule has 3 aromatic rings. The van der Waals surface area contributed by atoms with E-state index in [0.717, 1.165) is 36.9 Å². The first-order chi connectivity index (χ1) is 19.5. The Kier molecular flexibility index (Phi) is 9.29. The molecule has 3 atom stereocenters. The largest absolute Gasteiger partial charge is 0.446 e. The minimum absolute atomic E-state index is 0.148. The van der Waals surface area contributed by atoms with E-state index < -0.39 is 12.1 Å². The second kappa shape index (κ2) is 13.2. The van der Waals surface area contributed by atoms with Crippen LogP contribution in [-0.2, 0) is 6.42 Å². The molecule has 1 saturated carbocycles. The van der Waals surface area contributed by atoms with Crippen molar-refractivity contribution in [2.45, 2.75) is 82.5 Å². The number of carbonyl (C=O) groups is 2. The standard InChI is InChI=1S/C32H40N4O4/c1-22-21-40-31(34-22)28-16-9-17-36(28)32(39)25-13-8-12-24(19-25)30(38)35-27(18-23-10-4-2-5-11-23)29(37)20-33-26-14-6-3-7-15-26/h2,4-5,8,10-13,19,21,26-29,33,37H,3,6-7,9,14-18,20H2,1H3,(H,35,38)/t27-,28?,29+/m0/s1. The normalized spacial score (nSPS) is 19.4. The van der Waals surface area contributed by atoms with Gasteiger partial charge in [-0.15, -0.1) is 0 Å². The molecular formula is C32H40N4O4. The first-order valence-corrected chi connectivity index (χ1v) is 14.6. The van der Waals surface area contributed by atoms with E-state index in [1.54, 1.807) is 35.4 Å². The van der Waals surface area contributed by atoms with Crippen LogP contribution < -0.4 is 10.6 Å². The summed E-state index contributed by atoms with van der Waals surface area (Å²) < 4.78 is 5.60. The Balaban J connectivity index is 1.28. The minimum Gasteiger partial charge on any atom is -0.446 e. The van der Waals surface area contributed by atoms with Gasteiger partial charge in [-0.2, -0.15) is 0 Å². The lowest BCUT2D eigenvalue weighted by Gasteiger charge is -2.28. The zero-order valence-electron chi connectivity index (χ0n) is 23.2. The predicted octanol–water partition coefficient (Wildman–Crippen LogP) is 4.58. The number of likely N-dealkylation sites (tertiary alicyclic amines) is 1. The number of nitrogens with zero attached hydrogens (tertiary/aromatic N) is 2. The van der Waals surface area contributed by atoms with Crippen LogP contribution in [0.5, 0.6) is 0 Å². The fraction of sp³-hybridized carbons (Fsp3) is 0.469. The molecule has 40 heavy (non-hydrogen) atoms. The van der Waals surface area contributed by atoms with Crippen LogP contribution in [-0.4, -0.2) is 58.1 Å². The zero-order chi connectivity index (χ0) is 27.9. The number of hydrogen-bond donors (Lipinski definition) is 3. The van der Waals surface area contributed by atoms with Gasteiger partial charge >= 0.3 is 0 Å². The Hall–Kier alpha value is -3.49. The van der Waals surface area contributed by atoms with Crippen LogP contribution in [0.4, 0.5) is 0 Å². The van der Waals surface area contributed by atoms with E-state index in [2.05, 4.69) is 15.6 Å². The van der Waals surface area contributed by atoms with Gasteiger partial charge in [0.1, 0.15) is 12.3 Å². The van der Waals surface area contributed by atoms with Crippen molar-refractivity contribution < 1.29 is 19.1 Å². The molecule has 0 bridgehead atoms. The molecule has 0 spiro atoms. The van der Waals surface area contributed by atoms with Gasteiger partial charge in [0.2, 0.25) is 5.89 Å². The molecule has 1 aliphatic carbocycles. The maximum Gasteiger partial charge on any atom is 0.254 e. The number of aryl methyl sites for hydroxylation is 1. The smallest absolute Gasteiger partial charge is 0.254 e. The highest BCUT2D eigenvalue weighted by Gasteiger charge is 2.34. The van der Waals surface area contributed by atoms with E-state index in [-0.39, 0.29) is 17.9 Å². The third kappa shape index (κ3) is 6.98. The number of nitrogens with one attached hydrogen (secondary N) is 2. The molecule has 1 unspecified atom stereocenters. The van der Waals surface area contributed by atoms with Gasteiger partial charge in [-0.1, -0.05) is 55.7 Å². The highest BCUT2D eigenvalue weighted by atomic mass is 16.3. The van der Waals surface area contributed by atoms with Crippen molar-refractivity contribution in [2.75, 3.05) is 13.1 Å². The summed E-state index contributed by atoms with van der Waals surface area (Å²) in [6.07, 6.45) is 8.94. The molecular weight excluding hydrogens is 504 g/mol. The van der Waals surface area contributed by atoms with Crippen LogP contribution >= 0.6 is 0 Å². The molecule has 8 nitrogen and oxygen atoms in total. The van der Waals surface area contributed by atoms with Crippen LogP contribution in [0.25, 0.3) is 0 Å². The van der Waals surface area contributed by atoms with E-state index in [9.17, 15) is 14.7 Å². The van der Waals surface area contributed by atoms with Crippen molar-refractivity contribution in [2.24, 2.45) is 0 Å². The monoisotopic (exact) mass is 544 g/mol. The molecule has 5 rings (SSSR count). The van der Waals surface area contributed by atoms with E-state index in [0.29, 0.717) is 42.6 Å². The fourth-order valence-electron chi connectivity index (χ4n) is 5.89. The number of aliphatic hydroxyl groups excluding tert-OH is 1. The second-order valence-corrected chi connectivity index (χ2v) is 11.1. The average Bonchev–Trinajstić information content (AvgIpc) is 3.65. The summed E-state index contributed by atoms with van der Waals surface area (Å²) in [6, 6.07) is 16.4. The van der Waals surface area contributed by atoms with Gasteiger partial charge in [0.15, 0.2) is 0 Å². The van der Waals surface area contributed by atoms with Gasteiger partial charge in [-0.25, -0.2) is 4.98 Å². The lowest BCUT2D eigenvalue weighted by molar-refractivity contribution is 0.0715. The van der Waals surface area contributed by atoms with Crippen molar-refractivity contribution in [3.8, 4) is 0 Å². The van der Waals surface area contributed by atoms with Crippen molar-refractivity contribution in [3.05, 3.63) is 89.1 Å². The molecule has 1 saturated heterocycles. The highest BCUT2D eigenvalue weighted by molar-refractivity contribution is 6.00. The van der Waals surface area contributed by atoms with Crippen LogP contribution in [0, 0.1) is 6.92 Å². The van der Waals surface area contributed by atoms with E-state index in [1.807, 2.05) is 37.3 Å². The van der Waals surface area contributed by atoms with Crippen molar-refractivity contribution in [3.63, 3.8) is 0 Å². The zero-order valence-corrected chi connectivity index (χ0v) is 23.2. The summed E-state index contributed by atoms with van der Waals surface area (Å²) in [5.41, 5.74) is 2.66. The molecule has 1 aromatic heterocycles. The van der Waals surface area contributed by atoms with Gasteiger partial charge in [-0.3, -0.25) is 9.59 Å². The molecule has 2 amide bonds. The number of amides is 2. The Bertz CT molecular complexity index is 1270. The Labute approximate surface area is 236 Å². The third-order valence-electron chi connectivity index (χ3n) is 8.11. The molecule has 212 valence electrons. The number of rotatable bonds is 10. The maximum absolute atomic E-state index is 13.5. The summed E-state index contributed by atoms with van der Waals surface area (Å²) in [5.74, 6) is 0.0935. The van der Waals surface area contributed by atoms with Gasteiger partial charge in [0, 0.05) is 30.3 Å². The molecule has 1 aliphatic heterocycles. The summed E-state index contributed by atoms with van der Waals surface area (Å²) >= 11 is 0. The lowest BCUT2D eigenvalue weighted by atomic mass is 9.95. The number of oxazole rings is 1. The number of benzene rings is 2. The predicted molar refractivity (Wildman–Crippen MR) is 153 cm³/mol. The van der Waals surface area contributed by atoms with Crippen molar-refractivity contribution in [1.29, 1.82) is 0 Å². The fourth-order valence-corrected chi connectivity index (χ4v) is 5.89. The quantitative estimate of drug-likeness (QED) is 0.345. The topological polar surface area (TPSA) is 108 Å². The van der Waals surface area contributed by atoms with Gasteiger partial charge < -0.3 is 25.1 Å². The van der Waals surface area contributed by atoms with E-state index in [4.69, 9.17) is 4.42 Å². The summed E-state index contributed by atoms with van der Waals surface area (Å²) in [5, 5.41) is 17.7. The number of hydrogen-bond acceptors (Lipinski definition) is 6. The maximum atomic E-state index is 13.5. The van der Waals surface area contributed by atoms with Gasteiger partial charge in [0.05, 0.1) is 17.8 Å². The van der Waals surface area contributed by atoms with Crippen molar-refractivity contribution in [1.82, 2.24) is 20.5 Å². The number of aliphatic hydroxyl groups is 1. The van der Waals surface area contributed by atoms with Crippen molar-refractivity contribution >= 4 is 11.8 Å². The molecule has 3 N–H and O–H groups in total. The second-order valence-electron chi connectivity index (χ2n) is 11.1. The lowest BCUT2D eigenvalue weighted by Crippen LogP contribution is -2.50. The average molecular weight is 545 g/mol. The summed E-state index contributed by atoms with van der Waals surface area (Å²) in [6.45, 7) is 2.89. The Morgan fingerprint density at radius 3 is 2.55 bits per heavy atom. The Morgan fingerprint density at radius 1 is 1.02 bits per heavy atom. The van der Waals surface area contributed by atoms with Gasteiger partial charge in [-0.05, 0) is 62.8 Å². The molecule has 2 fully saturated rings. The first-order valence-electron chi connectivity index (χ1n) is 14.6. The number of carbonyl (C=O) groups excluding carboxylic acids is 2. The van der Waals surface area contributed by atoms with Crippen LogP contribution in [0.1, 0.15) is 88.9 Å². The molecule has 0 radical (unpaired) electrons. The SMILES string of the molecule is Cc1coc(C2CCCN2C(=O)c2cccc(C(=O)N[C@@H](Cc3ccccc3)[C@H](O)CNC3CCCCC3)c2)n1. The Morgan fingerprint density at radius 2 is 1.80 bits per heavy atom. The number of aromatic nitrogens is 1. The van der Waals surface area contributed by atoms with E-state index in [1.165, 1.54) is 19.3 Å². The first kappa shape index (κ1) is 28.1.